The van der Waals surface area contributed by atoms with Crippen molar-refractivity contribution in [2.45, 2.75) is 31.7 Å². The second kappa shape index (κ2) is 4.94. The van der Waals surface area contributed by atoms with Crippen LogP contribution in [0.15, 0.2) is 0 Å². The molecule has 0 bridgehead atoms. The molecule has 0 aromatic heterocycles. The quantitative estimate of drug-likeness (QED) is 0.711. The number of rotatable bonds is 5. The topological polar surface area (TPSA) is 58.6 Å². The number of nitrogens with one attached hydrogen (secondary N) is 1. The Labute approximate surface area is 90.0 Å². The van der Waals surface area contributed by atoms with Gasteiger partial charge in [0.15, 0.2) is 0 Å². The summed E-state index contributed by atoms with van der Waals surface area (Å²) in [6.07, 6.45) is 4.38. The van der Waals surface area contributed by atoms with Gasteiger partial charge in [0.1, 0.15) is 6.04 Å². The lowest BCUT2D eigenvalue weighted by atomic mass is 10.0. The Balaban J connectivity index is 1.72. The smallest absolute Gasteiger partial charge is 0.320 e. The standard InChI is InChI=1S/C11H19NO3/c13-11(14)10(9-3-4-9)12-6-8-2-1-5-15-7-8/h8-10,12H,1-7H2,(H,13,14). The minimum absolute atomic E-state index is 0.327. The van der Waals surface area contributed by atoms with E-state index in [1.165, 1.54) is 0 Å². The molecule has 1 aliphatic heterocycles. The highest BCUT2D eigenvalue weighted by molar-refractivity contribution is 5.74. The van der Waals surface area contributed by atoms with E-state index in [0.717, 1.165) is 45.4 Å². The van der Waals surface area contributed by atoms with Gasteiger partial charge in [-0.15, -0.1) is 0 Å². The molecule has 2 fully saturated rings. The van der Waals surface area contributed by atoms with Gasteiger partial charge in [-0.25, -0.2) is 0 Å². The van der Waals surface area contributed by atoms with E-state index >= 15 is 0 Å². The number of hydrogen-bond donors (Lipinski definition) is 2. The highest BCUT2D eigenvalue weighted by Crippen LogP contribution is 2.32. The highest BCUT2D eigenvalue weighted by Gasteiger charge is 2.36. The van der Waals surface area contributed by atoms with Crippen LogP contribution in [0.4, 0.5) is 0 Å². The summed E-state index contributed by atoms with van der Waals surface area (Å²) < 4.78 is 5.36. The van der Waals surface area contributed by atoms with E-state index in [1.54, 1.807) is 0 Å². The van der Waals surface area contributed by atoms with E-state index in [2.05, 4.69) is 5.32 Å². The first-order chi connectivity index (χ1) is 7.27. The van der Waals surface area contributed by atoms with Gasteiger partial charge in [0.2, 0.25) is 0 Å². The number of carbonyl (C=O) groups is 1. The third-order valence-electron chi connectivity index (χ3n) is 3.24. The van der Waals surface area contributed by atoms with E-state index in [-0.39, 0.29) is 6.04 Å². The van der Waals surface area contributed by atoms with Crippen LogP contribution in [-0.2, 0) is 9.53 Å². The first-order valence-electron chi connectivity index (χ1n) is 5.81. The maximum absolute atomic E-state index is 11.0. The van der Waals surface area contributed by atoms with Crippen LogP contribution >= 0.6 is 0 Å². The molecule has 2 atom stereocenters. The van der Waals surface area contributed by atoms with Crippen molar-refractivity contribution in [1.82, 2.24) is 5.32 Å². The molecule has 2 aliphatic rings. The van der Waals surface area contributed by atoms with Crippen LogP contribution in [0.2, 0.25) is 0 Å². The van der Waals surface area contributed by atoms with Crippen molar-refractivity contribution >= 4 is 5.97 Å². The molecular weight excluding hydrogens is 194 g/mol. The molecule has 0 aromatic rings. The van der Waals surface area contributed by atoms with Gasteiger partial charge in [-0.3, -0.25) is 4.79 Å². The summed E-state index contributed by atoms with van der Waals surface area (Å²) in [5, 5.41) is 12.2. The van der Waals surface area contributed by atoms with Gasteiger partial charge in [0.25, 0.3) is 0 Å². The van der Waals surface area contributed by atoms with Crippen LogP contribution in [-0.4, -0.2) is 36.9 Å². The van der Waals surface area contributed by atoms with E-state index in [4.69, 9.17) is 9.84 Å². The molecule has 4 heteroatoms. The van der Waals surface area contributed by atoms with E-state index < -0.39 is 5.97 Å². The SMILES string of the molecule is O=C(O)C(NCC1CCCOC1)C1CC1. The Hall–Kier alpha value is -0.610. The van der Waals surface area contributed by atoms with Crippen molar-refractivity contribution in [3.05, 3.63) is 0 Å². The van der Waals surface area contributed by atoms with Crippen LogP contribution in [0.1, 0.15) is 25.7 Å². The third-order valence-corrected chi connectivity index (χ3v) is 3.24. The predicted molar refractivity (Wildman–Crippen MR) is 55.7 cm³/mol. The van der Waals surface area contributed by atoms with E-state index in [9.17, 15) is 4.79 Å². The van der Waals surface area contributed by atoms with Crippen molar-refractivity contribution < 1.29 is 14.6 Å². The normalized spacial score (nSPS) is 28.7. The predicted octanol–water partition coefficient (Wildman–Crippen LogP) is 0.866. The Morgan fingerprint density at radius 3 is 2.80 bits per heavy atom. The Kier molecular flexibility index (Phi) is 3.59. The highest BCUT2D eigenvalue weighted by atomic mass is 16.5. The summed E-state index contributed by atoms with van der Waals surface area (Å²) in [4.78, 5) is 11.0. The number of carboxylic acid groups (broad SMARTS) is 1. The lowest BCUT2D eigenvalue weighted by Gasteiger charge is -2.24. The molecule has 0 radical (unpaired) electrons. The molecular formula is C11H19NO3. The molecule has 15 heavy (non-hydrogen) atoms. The molecule has 86 valence electrons. The first kappa shape index (κ1) is 10.9. The molecule has 2 rings (SSSR count). The van der Waals surface area contributed by atoms with Crippen molar-refractivity contribution in [3.63, 3.8) is 0 Å². The van der Waals surface area contributed by atoms with E-state index in [1.807, 2.05) is 0 Å². The molecule has 1 saturated heterocycles. The van der Waals surface area contributed by atoms with Crippen LogP contribution in [0.3, 0.4) is 0 Å². The van der Waals surface area contributed by atoms with Crippen LogP contribution in [0.5, 0.6) is 0 Å². The average molecular weight is 213 g/mol. The fraction of sp³-hybridized carbons (Fsp3) is 0.909. The van der Waals surface area contributed by atoms with Crippen molar-refractivity contribution in [2.24, 2.45) is 11.8 Å². The van der Waals surface area contributed by atoms with Crippen LogP contribution in [0.25, 0.3) is 0 Å². The molecule has 0 spiro atoms. The molecule has 2 N–H and O–H groups in total. The van der Waals surface area contributed by atoms with Gasteiger partial charge >= 0.3 is 5.97 Å². The molecule has 4 nitrogen and oxygen atoms in total. The van der Waals surface area contributed by atoms with Gasteiger partial charge in [-0.2, -0.15) is 0 Å². The summed E-state index contributed by atoms with van der Waals surface area (Å²) in [5.41, 5.74) is 0. The maximum atomic E-state index is 11.0. The second-order valence-corrected chi connectivity index (χ2v) is 4.64. The summed E-state index contributed by atoms with van der Waals surface area (Å²) >= 11 is 0. The van der Waals surface area contributed by atoms with Crippen LogP contribution < -0.4 is 5.32 Å². The first-order valence-corrected chi connectivity index (χ1v) is 5.81. The van der Waals surface area contributed by atoms with Crippen LogP contribution in [0, 0.1) is 11.8 Å². The zero-order chi connectivity index (χ0) is 10.7. The number of hydrogen-bond acceptors (Lipinski definition) is 3. The minimum atomic E-state index is -0.700. The van der Waals surface area contributed by atoms with Gasteiger partial charge in [0.05, 0.1) is 6.61 Å². The lowest BCUT2D eigenvalue weighted by molar-refractivity contribution is -0.140. The molecule has 0 aromatic carbocycles. The Bertz CT molecular complexity index is 222. The van der Waals surface area contributed by atoms with Crippen molar-refractivity contribution in [3.8, 4) is 0 Å². The van der Waals surface area contributed by atoms with E-state index in [0.29, 0.717) is 11.8 Å². The monoisotopic (exact) mass is 213 g/mol. The fourth-order valence-corrected chi connectivity index (χ4v) is 2.15. The van der Waals surface area contributed by atoms with Crippen molar-refractivity contribution in [1.29, 1.82) is 0 Å². The van der Waals surface area contributed by atoms with Crippen molar-refractivity contribution in [2.75, 3.05) is 19.8 Å². The molecule has 1 heterocycles. The molecule has 1 saturated carbocycles. The molecule has 0 amide bonds. The number of ether oxygens (including phenoxy) is 1. The molecule has 1 aliphatic carbocycles. The van der Waals surface area contributed by atoms with Gasteiger partial charge in [-0.1, -0.05) is 0 Å². The Morgan fingerprint density at radius 2 is 2.27 bits per heavy atom. The zero-order valence-corrected chi connectivity index (χ0v) is 8.95. The van der Waals surface area contributed by atoms with Gasteiger partial charge < -0.3 is 15.2 Å². The fourth-order valence-electron chi connectivity index (χ4n) is 2.15. The zero-order valence-electron chi connectivity index (χ0n) is 8.95. The second-order valence-electron chi connectivity index (χ2n) is 4.64. The summed E-state index contributed by atoms with van der Waals surface area (Å²) in [5.74, 6) is 0.167. The van der Waals surface area contributed by atoms with Gasteiger partial charge in [-0.05, 0) is 37.5 Å². The molecule has 2 unspecified atom stereocenters. The number of aliphatic carboxylic acids is 1. The summed E-state index contributed by atoms with van der Waals surface area (Å²) in [6, 6.07) is -0.327. The Morgan fingerprint density at radius 1 is 1.47 bits per heavy atom. The number of carboxylic acids is 1. The largest absolute Gasteiger partial charge is 0.480 e. The summed E-state index contributed by atoms with van der Waals surface area (Å²) in [6.45, 7) is 2.43. The van der Waals surface area contributed by atoms with Gasteiger partial charge in [0, 0.05) is 13.2 Å². The third kappa shape index (κ3) is 3.18. The maximum Gasteiger partial charge on any atom is 0.320 e. The lowest BCUT2D eigenvalue weighted by Crippen LogP contribution is -2.42. The summed E-state index contributed by atoms with van der Waals surface area (Å²) in [7, 11) is 0. The minimum Gasteiger partial charge on any atom is -0.480 e. The average Bonchev–Trinajstić information content (AvgIpc) is 3.03.